The van der Waals surface area contributed by atoms with Gasteiger partial charge in [0.2, 0.25) is 11.9 Å². The van der Waals surface area contributed by atoms with E-state index in [-0.39, 0.29) is 24.5 Å². The number of carbonyl (C=O) groups is 1. The number of rotatable bonds is 4. The second kappa shape index (κ2) is 7.40. The molecular formula is C18H22N4O2. The van der Waals surface area contributed by atoms with Gasteiger partial charge in [0.1, 0.15) is 6.61 Å². The predicted molar refractivity (Wildman–Crippen MR) is 92.1 cm³/mol. The molecule has 1 aliphatic heterocycles. The van der Waals surface area contributed by atoms with Crippen molar-refractivity contribution in [2.45, 2.75) is 25.3 Å². The van der Waals surface area contributed by atoms with E-state index >= 15 is 0 Å². The van der Waals surface area contributed by atoms with Crippen LogP contribution in [0.4, 0.5) is 5.95 Å². The molecule has 1 fully saturated rings. The first-order valence-electron chi connectivity index (χ1n) is 8.17. The molecule has 0 unspecified atom stereocenters. The van der Waals surface area contributed by atoms with Crippen molar-refractivity contribution in [1.82, 2.24) is 14.9 Å². The number of nitrogen functional groups attached to an aromatic ring is 1. The third-order valence-electron chi connectivity index (χ3n) is 4.33. The molecule has 0 saturated carbocycles. The highest BCUT2D eigenvalue weighted by atomic mass is 16.5. The fourth-order valence-corrected chi connectivity index (χ4v) is 3.22. The lowest BCUT2D eigenvalue weighted by Crippen LogP contribution is -2.41. The monoisotopic (exact) mass is 326 g/mol. The highest BCUT2D eigenvalue weighted by Gasteiger charge is 2.31. The van der Waals surface area contributed by atoms with Crippen molar-refractivity contribution in [2.24, 2.45) is 0 Å². The number of likely N-dealkylation sites (tertiary alicyclic amines) is 1. The van der Waals surface area contributed by atoms with E-state index in [1.54, 1.807) is 6.20 Å². The Morgan fingerprint density at radius 3 is 2.88 bits per heavy atom. The van der Waals surface area contributed by atoms with E-state index in [0.717, 1.165) is 36.1 Å². The lowest BCUT2D eigenvalue weighted by atomic mass is 9.94. The maximum absolute atomic E-state index is 12.4. The minimum absolute atomic E-state index is 0.0154. The number of hydrogen-bond donors (Lipinski definition) is 1. The molecule has 24 heavy (non-hydrogen) atoms. The summed E-state index contributed by atoms with van der Waals surface area (Å²) in [6.07, 6.45) is 4.67. The molecule has 2 aromatic rings. The van der Waals surface area contributed by atoms with Crippen LogP contribution in [0.25, 0.3) is 11.1 Å². The summed E-state index contributed by atoms with van der Waals surface area (Å²) in [5.41, 5.74) is 8.61. The molecule has 0 radical (unpaired) electrons. The summed E-state index contributed by atoms with van der Waals surface area (Å²) < 4.78 is 5.03. The maximum atomic E-state index is 12.4. The van der Waals surface area contributed by atoms with Crippen LogP contribution in [0.5, 0.6) is 0 Å². The van der Waals surface area contributed by atoms with Crippen LogP contribution >= 0.6 is 0 Å². The van der Waals surface area contributed by atoms with Gasteiger partial charge in [0, 0.05) is 25.4 Å². The second-order valence-corrected chi connectivity index (χ2v) is 5.92. The van der Waals surface area contributed by atoms with Crippen LogP contribution in [0, 0.1) is 0 Å². The van der Waals surface area contributed by atoms with Gasteiger partial charge < -0.3 is 15.4 Å². The quantitative estimate of drug-likeness (QED) is 0.933. The Morgan fingerprint density at radius 1 is 1.33 bits per heavy atom. The van der Waals surface area contributed by atoms with Crippen LogP contribution in [-0.4, -0.2) is 41.0 Å². The Kier molecular flexibility index (Phi) is 5.05. The van der Waals surface area contributed by atoms with Gasteiger partial charge in [-0.3, -0.25) is 4.79 Å². The highest BCUT2D eigenvalue weighted by molar-refractivity contribution is 5.78. The smallest absolute Gasteiger partial charge is 0.249 e. The number of ether oxygens (including phenoxy) is 1. The van der Waals surface area contributed by atoms with E-state index in [1.807, 2.05) is 35.2 Å². The molecule has 1 aromatic heterocycles. The molecule has 0 aliphatic carbocycles. The van der Waals surface area contributed by atoms with Crippen LogP contribution in [0.3, 0.4) is 0 Å². The summed E-state index contributed by atoms with van der Waals surface area (Å²) in [6.45, 7) is 0.794. The van der Waals surface area contributed by atoms with E-state index in [2.05, 4.69) is 9.97 Å². The zero-order chi connectivity index (χ0) is 16.9. The molecular weight excluding hydrogens is 304 g/mol. The Bertz CT molecular complexity index is 705. The predicted octanol–water partition coefficient (Wildman–Crippen LogP) is 2.43. The molecule has 1 saturated heterocycles. The molecule has 126 valence electrons. The molecule has 3 rings (SSSR count). The largest absolute Gasteiger partial charge is 0.375 e. The molecule has 1 atom stereocenters. The molecule has 1 aliphatic rings. The Morgan fingerprint density at radius 2 is 2.12 bits per heavy atom. The number of anilines is 1. The second-order valence-electron chi connectivity index (χ2n) is 5.92. The number of methoxy groups -OCH3 is 1. The van der Waals surface area contributed by atoms with Crippen LogP contribution < -0.4 is 5.73 Å². The molecule has 6 heteroatoms. The Hall–Kier alpha value is -2.47. The fraction of sp³-hybridized carbons (Fsp3) is 0.389. The lowest BCUT2D eigenvalue weighted by Gasteiger charge is -2.36. The maximum Gasteiger partial charge on any atom is 0.249 e. The normalized spacial score (nSPS) is 17.7. The number of nitrogens with two attached hydrogens (primary N) is 1. The van der Waals surface area contributed by atoms with E-state index in [9.17, 15) is 4.79 Å². The number of piperidine rings is 1. The first-order valence-corrected chi connectivity index (χ1v) is 8.17. The first kappa shape index (κ1) is 16.4. The highest BCUT2D eigenvalue weighted by Crippen LogP contribution is 2.35. The lowest BCUT2D eigenvalue weighted by molar-refractivity contribution is -0.139. The van der Waals surface area contributed by atoms with Crippen molar-refractivity contribution in [2.75, 3.05) is 26.0 Å². The molecule has 1 aromatic carbocycles. The van der Waals surface area contributed by atoms with Crippen molar-refractivity contribution in [1.29, 1.82) is 0 Å². The summed E-state index contributed by atoms with van der Waals surface area (Å²) in [6, 6.07) is 9.86. The van der Waals surface area contributed by atoms with Crippen molar-refractivity contribution in [3.63, 3.8) is 0 Å². The summed E-state index contributed by atoms with van der Waals surface area (Å²) in [4.78, 5) is 23.0. The third kappa shape index (κ3) is 3.38. The Labute approximate surface area is 141 Å². The molecule has 6 nitrogen and oxygen atoms in total. The van der Waals surface area contributed by atoms with Crippen molar-refractivity contribution >= 4 is 11.9 Å². The number of carbonyl (C=O) groups excluding carboxylic acids is 1. The zero-order valence-corrected chi connectivity index (χ0v) is 13.8. The van der Waals surface area contributed by atoms with Crippen LogP contribution in [0.1, 0.15) is 31.0 Å². The van der Waals surface area contributed by atoms with E-state index in [0.29, 0.717) is 6.54 Å². The SMILES string of the molecule is COCC(=O)N1CCCC[C@H]1c1nc(N)ncc1-c1ccccc1. The average molecular weight is 326 g/mol. The first-order chi connectivity index (χ1) is 11.7. The number of aromatic nitrogens is 2. The van der Waals surface area contributed by atoms with Crippen molar-refractivity contribution in [3.05, 3.63) is 42.2 Å². The topological polar surface area (TPSA) is 81.3 Å². The standard InChI is InChI=1S/C18H22N4O2/c1-24-12-16(23)22-10-6-5-9-15(22)17-14(11-20-18(19)21-17)13-7-3-2-4-8-13/h2-4,7-8,11,15H,5-6,9-10,12H2,1H3,(H2,19,20,21)/t15-/m0/s1. The van der Waals surface area contributed by atoms with Gasteiger partial charge in [0.25, 0.3) is 0 Å². The number of benzene rings is 1. The summed E-state index contributed by atoms with van der Waals surface area (Å²) >= 11 is 0. The summed E-state index contributed by atoms with van der Waals surface area (Å²) in [5, 5.41) is 0. The van der Waals surface area contributed by atoms with Gasteiger partial charge in [0.05, 0.1) is 11.7 Å². The van der Waals surface area contributed by atoms with Crippen LogP contribution in [0.2, 0.25) is 0 Å². The van der Waals surface area contributed by atoms with E-state index in [4.69, 9.17) is 10.5 Å². The van der Waals surface area contributed by atoms with E-state index in [1.165, 1.54) is 7.11 Å². The molecule has 2 heterocycles. The van der Waals surface area contributed by atoms with Crippen LogP contribution in [0.15, 0.2) is 36.5 Å². The van der Waals surface area contributed by atoms with Crippen molar-refractivity contribution < 1.29 is 9.53 Å². The van der Waals surface area contributed by atoms with Gasteiger partial charge in [-0.1, -0.05) is 30.3 Å². The summed E-state index contributed by atoms with van der Waals surface area (Å²) in [7, 11) is 1.54. The van der Waals surface area contributed by atoms with E-state index < -0.39 is 0 Å². The number of amides is 1. The van der Waals surface area contributed by atoms with Gasteiger partial charge >= 0.3 is 0 Å². The fourth-order valence-electron chi connectivity index (χ4n) is 3.22. The molecule has 0 spiro atoms. The molecule has 2 N–H and O–H groups in total. The third-order valence-corrected chi connectivity index (χ3v) is 4.33. The Balaban J connectivity index is 2.03. The zero-order valence-electron chi connectivity index (χ0n) is 13.8. The minimum Gasteiger partial charge on any atom is -0.375 e. The average Bonchev–Trinajstić information content (AvgIpc) is 2.62. The minimum atomic E-state index is -0.0955. The van der Waals surface area contributed by atoms with Gasteiger partial charge in [-0.2, -0.15) is 0 Å². The van der Waals surface area contributed by atoms with Gasteiger partial charge in [-0.15, -0.1) is 0 Å². The number of nitrogens with zero attached hydrogens (tertiary/aromatic N) is 3. The van der Waals surface area contributed by atoms with Crippen molar-refractivity contribution in [3.8, 4) is 11.1 Å². The summed E-state index contributed by atoms with van der Waals surface area (Å²) in [5.74, 6) is 0.216. The van der Waals surface area contributed by atoms with Gasteiger partial charge in [-0.25, -0.2) is 9.97 Å². The molecule has 1 amide bonds. The molecule has 0 bridgehead atoms. The van der Waals surface area contributed by atoms with Crippen LogP contribution in [-0.2, 0) is 9.53 Å². The van der Waals surface area contributed by atoms with Gasteiger partial charge in [0.15, 0.2) is 0 Å². The van der Waals surface area contributed by atoms with Gasteiger partial charge in [-0.05, 0) is 24.8 Å². The number of hydrogen-bond acceptors (Lipinski definition) is 5.